The summed E-state index contributed by atoms with van der Waals surface area (Å²) in [6.07, 6.45) is 13.1. The minimum Gasteiger partial charge on any atom is -0.392 e. The van der Waals surface area contributed by atoms with Gasteiger partial charge in [0, 0.05) is 32.2 Å². The maximum atomic E-state index is 10.6. The molecule has 2 aliphatic carbocycles. The molecule has 0 bridgehead atoms. The second kappa shape index (κ2) is 13.1. The number of hydrogen-bond donors (Lipinski definition) is 2. The molecule has 3 rings (SSSR count). The largest absolute Gasteiger partial charge is 0.392 e. The fraction of sp³-hybridized carbons (Fsp3) is 0.846. The SMILES string of the molecule is CCCC[C@H](C)C[C@H](O)/C=C/[C@@H]1[C@H]2CC(COCCCN3CCOCC3)=C[C@H]2C[C@H]1O. The molecule has 2 fully saturated rings. The van der Waals surface area contributed by atoms with Crippen molar-refractivity contribution in [3.63, 3.8) is 0 Å². The number of aliphatic hydroxyl groups is 2. The molecule has 5 nitrogen and oxygen atoms in total. The minimum absolute atomic E-state index is 0.153. The van der Waals surface area contributed by atoms with Gasteiger partial charge in [0.15, 0.2) is 0 Å². The smallest absolute Gasteiger partial charge is 0.0723 e. The van der Waals surface area contributed by atoms with Crippen molar-refractivity contribution in [3.05, 3.63) is 23.8 Å². The molecule has 31 heavy (non-hydrogen) atoms. The van der Waals surface area contributed by atoms with E-state index < -0.39 is 6.10 Å². The van der Waals surface area contributed by atoms with Gasteiger partial charge in [-0.15, -0.1) is 0 Å². The van der Waals surface area contributed by atoms with Gasteiger partial charge in [-0.3, -0.25) is 4.90 Å². The van der Waals surface area contributed by atoms with Gasteiger partial charge in [0.25, 0.3) is 0 Å². The Bertz CT molecular complexity index is 572. The van der Waals surface area contributed by atoms with Crippen LogP contribution >= 0.6 is 0 Å². The van der Waals surface area contributed by atoms with Gasteiger partial charge in [0.1, 0.15) is 0 Å². The number of unbranched alkanes of at least 4 members (excludes halogenated alkanes) is 1. The first-order chi connectivity index (χ1) is 15.1. The van der Waals surface area contributed by atoms with Crippen LogP contribution in [0.4, 0.5) is 0 Å². The van der Waals surface area contributed by atoms with Gasteiger partial charge < -0.3 is 19.7 Å². The Morgan fingerprint density at radius 2 is 2.10 bits per heavy atom. The lowest BCUT2D eigenvalue weighted by atomic mass is 9.88. The average Bonchev–Trinajstić information content (AvgIpc) is 3.27. The molecule has 0 unspecified atom stereocenters. The second-order valence-electron chi connectivity index (χ2n) is 10.0. The highest BCUT2D eigenvalue weighted by atomic mass is 16.5. The standard InChI is InChI=1S/C26H45NO4/c1-3-4-6-20(2)15-23(28)7-8-24-25-17-21(16-22(25)18-26(24)29)19-31-12-5-9-27-10-13-30-14-11-27/h7-8,16,20,22-26,28-29H,3-6,9-15,17-19H2,1-2H3/b8-7+/t20-,22-,23+,24+,25-,26+/m0/s1. The first-order valence-corrected chi connectivity index (χ1v) is 12.7. The lowest BCUT2D eigenvalue weighted by Gasteiger charge is -2.26. The summed E-state index contributed by atoms with van der Waals surface area (Å²) < 4.78 is 11.4. The number of rotatable bonds is 13. The third kappa shape index (κ3) is 7.97. The van der Waals surface area contributed by atoms with Crippen molar-refractivity contribution in [1.82, 2.24) is 4.90 Å². The van der Waals surface area contributed by atoms with Crippen LogP contribution in [0.2, 0.25) is 0 Å². The number of fused-ring (bicyclic) bond motifs is 1. The zero-order chi connectivity index (χ0) is 22.1. The molecule has 178 valence electrons. The fourth-order valence-corrected chi connectivity index (χ4v) is 5.55. The van der Waals surface area contributed by atoms with Gasteiger partial charge in [-0.2, -0.15) is 0 Å². The summed E-state index contributed by atoms with van der Waals surface area (Å²) in [6.45, 7) is 10.8. The average molecular weight is 436 g/mol. The molecule has 0 amide bonds. The number of aliphatic hydroxyl groups excluding tert-OH is 2. The molecule has 6 atom stereocenters. The van der Waals surface area contributed by atoms with Crippen LogP contribution in [0.25, 0.3) is 0 Å². The van der Waals surface area contributed by atoms with Crippen LogP contribution in [-0.2, 0) is 9.47 Å². The number of nitrogens with zero attached hydrogens (tertiary/aromatic N) is 1. The summed E-state index contributed by atoms with van der Waals surface area (Å²) in [5.41, 5.74) is 1.39. The van der Waals surface area contributed by atoms with Crippen molar-refractivity contribution in [1.29, 1.82) is 0 Å². The maximum Gasteiger partial charge on any atom is 0.0723 e. The molecule has 0 spiro atoms. The molecule has 1 saturated heterocycles. The Morgan fingerprint density at radius 1 is 1.29 bits per heavy atom. The maximum absolute atomic E-state index is 10.6. The van der Waals surface area contributed by atoms with Gasteiger partial charge >= 0.3 is 0 Å². The Hall–Kier alpha value is -0.720. The first-order valence-electron chi connectivity index (χ1n) is 12.7. The summed E-state index contributed by atoms with van der Waals surface area (Å²) in [5, 5.41) is 21.0. The van der Waals surface area contributed by atoms with Crippen LogP contribution in [-0.4, -0.2) is 73.4 Å². The molecule has 0 aromatic heterocycles. The van der Waals surface area contributed by atoms with Crippen molar-refractivity contribution in [2.45, 2.75) is 71.0 Å². The predicted molar refractivity (Wildman–Crippen MR) is 125 cm³/mol. The van der Waals surface area contributed by atoms with Crippen LogP contribution in [0, 0.1) is 23.7 Å². The number of allylic oxidation sites excluding steroid dienone is 1. The lowest BCUT2D eigenvalue weighted by molar-refractivity contribution is 0.0328. The molecule has 0 aromatic rings. The second-order valence-corrected chi connectivity index (χ2v) is 10.0. The number of morpholine rings is 1. The van der Waals surface area contributed by atoms with E-state index in [1.54, 1.807) is 0 Å². The molecule has 0 radical (unpaired) electrons. The van der Waals surface area contributed by atoms with Crippen LogP contribution in [0.1, 0.15) is 58.8 Å². The summed E-state index contributed by atoms with van der Waals surface area (Å²) in [4.78, 5) is 2.45. The summed E-state index contributed by atoms with van der Waals surface area (Å²) in [6, 6.07) is 0. The molecule has 1 aliphatic heterocycles. The van der Waals surface area contributed by atoms with E-state index in [-0.39, 0.29) is 12.0 Å². The molecule has 0 aromatic carbocycles. The Morgan fingerprint density at radius 3 is 2.87 bits per heavy atom. The third-order valence-electron chi connectivity index (χ3n) is 7.35. The number of hydrogen-bond acceptors (Lipinski definition) is 5. The Kier molecular flexibility index (Phi) is 10.5. The van der Waals surface area contributed by atoms with E-state index in [0.717, 1.165) is 71.7 Å². The van der Waals surface area contributed by atoms with Crippen molar-refractivity contribution in [2.75, 3.05) is 46.1 Å². The monoisotopic (exact) mass is 435 g/mol. The van der Waals surface area contributed by atoms with E-state index in [0.29, 0.717) is 17.8 Å². The Balaban J connectivity index is 1.35. The first kappa shape index (κ1) is 24.9. The van der Waals surface area contributed by atoms with Crippen LogP contribution in [0.5, 0.6) is 0 Å². The summed E-state index contributed by atoms with van der Waals surface area (Å²) in [5.74, 6) is 1.61. The molecule has 2 N–H and O–H groups in total. The molecular formula is C26H45NO4. The minimum atomic E-state index is -0.401. The van der Waals surface area contributed by atoms with E-state index in [2.05, 4.69) is 30.9 Å². The summed E-state index contributed by atoms with van der Waals surface area (Å²) in [7, 11) is 0. The Labute approximate surface area is 189 Å². The third-order valence-corrected chi connectivity index (χ3v) is 7.35. The van der Waals surface area contributed by atoms with Gasteiger partial charge in [-0.1, -0.05) is 51.3 Å². The van der Waals surface area contributed by atoms with Crippen LogP contribution < -0.4 is 0 Å². The van der Waals surface area contributed by atoms with E-state index in [1.165, 1.54) is 24.8 Å². The van der Waals surface area contributed by atoms with Gasteiger partial charge in [-0.05, 0) is 49.0 Å². The van der Waals surface area contributed by atoms with Crippen LogP contribution in [0.15, 0.2) is 23.8 Å². The van der Waals surface area contributed by atoms with Crippen molar-refractivity contribution >= 4 is 0 Å². The molecule has 5 heteroatoms. The van der Waals surface area contributed by atoms with Crippen LogP contribution in [0.3, 0.4) is 0 Å². The lowest BCUT2D eigenvalue weighted by Crippen LogP contribution is -2.37. The highest BCUT2D eigenvalue weighted by Crippen LogP contribution is 2.47. The molecule has 1 saturated carbocycles. The highest BCUT2D eigenvalue weighted by Gasteiger charge is 2.43. The fourth-order valence-electron chi connectivity index (χ4n) is 5.55. The van der Waals surface area contributed by atoms with Gasteiger partial charge in [-0.25, -0.2) is 0 Å². The van der Waals surface area contributed by atoms with Gasteiger partial charge in [0.05, 0.1) is 32.0 Å². The van der Waals surface area contributed by atoms with Crippen molar-refractivity contribution < 1.29 is 19.7 Å². The molecular weight excluding hydrogens is 390 g/mol. The predicted octanol–water partition coefficient (Wildman–Crippen LogP) is 3.80. The van der Waals surface area contributed by atoms with E-state index in [1.807, 2.05) is 6.08 Å². The normalized spacial score (nSPS) is 31.2. The zero-order valence-electron chi connectivity index (χ0n) is 19.8. The zero-order valence-corrected chi connectivity index (χ0v) is 19.8. The van der Waals surface area contributed by atoms with E-state index >= 15 is 0 Å². The highest BCUT2D eigenvalue weighted by molar-refractivity contribution is 5.21. The number of ether oxygens (including phenoxy) is 2. The molecule has 3 aliphatic rings. The van der Waals surface area contributed by atoms with Crippen molar-refractivity contribution in [2.24, 2.45) is 23.7 Å². The van der Waals surface area contributed by atoms with E-state index in [4.69, 9.17) is 9.47 Å². The van der Waals surface area contributed by atoms with E-state index in [9.17, 15) is 10.2 Å². The quantitative estimate of drug-likeness (QED) is 0.340. The van der Waals surface area contributed by atoms with Gasteiger partial charge in [0.2, 0.25) is 0 Å². The van der Waals surface area contributed by atoms with Crippen molar-refractivity contribution in [3.8, 4) is 0 Å². The summed E-state index contributed by atoms with van der Waals surface area (Å²) >= 11 is 0. The molecule has 1 heterocycles. The topological polar surface area (TPSA) is 62.2 Å².